The van der Waals surface area contributed by atoms with Crippen molar-refractivity contribution in [2.45, 2.75) is 0 Å². The first-order valence-corrected chi connectivity index (χ1v) is 6.05. The molecule has 0 saturated carbocycles. The summed E-state index contributed by atoms with van der Waals surface area (Å²) in [5, 5.41) is 0.521. The topological polar surface area (TPSA) is 25.8 Å². The Morgan fingerprint density at radius 3 is 1.12 bits per heavy atom. The molecule has 8 heteroatoms. The summed E-state index contributed by atoms with van der Waals surface area (Å²) in [7, 11) is 0. The van der Waals surface area contributed by atoms with Gasteiger partial charge in [0.25, 0.3) is 0 Å². The van der Waals surface area contributed by atoms with Crippen LogP contribution >= 0.6 is 69.6 Å². The van der Waals surface area contributed by atoms with E-state index in [-0.39, 0.29) is 41.4 Å². The van der Waals surface area contributed by atoms with Gasteiger partial charge in [0.1, 0.15) is 21.3 Å². The Balaban J connectivity index is 3.02. The van der Waals surface area contributed by atoms with Crippen molar-refractivity contribution in [1.82, 2.24) is 9.97 Å². The summed E-state index contributed by atoms with van der Waals surface area (Å²) in [6.45, 7) is 0. The molecular weight excluding hydrogens is 337 g/mol. The molecule has 0 unspecified atom stereocenters. The van der Waals surface area contributed by atoms with E-state index in [9.17, 15) is 0 Å². The molecule has 2 rings (SSSR count). The highest BCUT2D eigenvalue weighted by atomic mass is 35.5. The van der Waals surface area contributed by atoms with Crippen LogP contribution in [0.2, 0.25) is 30.4 Å². The lowest BCUT2D eigenvalue weighted by Crippen LogP contribution is -1.90. The first-order chi connectivity index (χ1) is 7.43. The molecular formula is C8Cl6N2. The minimum atomic E-state index is 0.0289. The zero-order valence-corrected chi connectivity index (χ0v) is 11.7. The lowest BCUT2D eigenvalue weighted by atomic mass is 10.3. The fourth-order valence-electron chi connectivity index (χ4n) is 1.10. The Kier molecular flexibility index (Phi) is 3.60. The molecule has 0 fully saturated rings. The number of pyridine rings is 2. The average molecular weight is 337 g/mol. The second kappa shape index (κ2) is 4.52. The molecule has 0 saturated heterocycles. The van der Waals surface area contributed by atoms with Crippen molar-refractivity contribution < 1.29 is 0 Å². The molecule has 0 aliphatic carbocycles. The minimum Gasteiger partial charge on any atom is -0.231 e. The van der Waals surface area contributed by atoms with Gasteiger partial charge in [0.15, 0.2) is 0 Å². The predicted octanol–water partition coefficient (Wildman–Crippen LogP) is 5.55. The maximum Gasteiger partial charge on any atom is 0.150 e. The number of rotatable bonds is 0. The summed E-state index contributed by atoms with van der Waals surface area (Å²) in [6, 6.07) is 0. The van der Waals surface area contributed by atoms with Gasteiger partial charge in [0, 0.05) is 0 Å². The van der Waals surface area contributed by atoms with Gasteiger partial charge in [-0.25, -0.2) is 9.97 Å². The van der Waals surface area contributed by atoms with Crippen LogP contribution in [0.4, 0.5) is 0 Å². The number of fused-ring (bicyclic) bond motifs is 1. The van der Waals surface area contributed by atoms with Crippen molar-refractivity contribution in [1.29, 1.82) is 0 Å². The van der Waals surface area contributed by atoms with Crippen LogP contribution < -0.4 is 0 Å². The monoisotopic (exact) mass is 334 g/mol. The van der Waals surface area contributed by atoms with Crippen molar-refractivity contribution in [3.8, 4) is 0 Å². The van der Waals surface area contributed by atoms with Gasteiger partial charge in [-0.15, -0.1) is 0 Å². The summed E-state index contributed by atoms with van der Waals surface area (Å²) in [6.07, 6.45) is 0. The van der Waals surface area contributed by atoms with Crippen molar-refractivity contribution in [3.05, 3.63) is 30.4 Å². The maximum atomic E-state index is 5.95. The summed E-state index contributed by atoms with van der Waals surface area (Å²) < 4.78 is 0. The van der Waals surface area contributed by atoms with Gasteiger partial charge in [-0.05, 0) is 0 Å². The minimum absolute atomic E-state index is 0.0289. The van der Waals surface area contributed by atoms with Crippen LogP contribution in [0.1, 0.15) is 0 Å². The summed E-state index contributed by atoms with van der Waals surface area (Å²) in [4.78, 5) is 7.90. The van der Waals surface area contributed by atoms with Crippen LogP contribution in [-0.4, -0.2) is 9.97 Å². The lowest BCUT2D eigenvalue weighted by Gasteiger charge is -2.07. The number of aromatic nitrogens is 2. The molecule has 2 heterocycles. The van der Waals surface area contributed by atoms with Crippen molar-refractivity contribution in [3.63, 3.8) is 0 Å². The molecule has 84 valence electrons. The van der Waals surface area contributed by atoms with E-state index in [1.807, 2.05) is 0 Å². The molecule has 0 bridgehead atoms. The van der Waals surface area contributed by atoms with Crippen LogP contribution in [0.25, 0.3) is 11.0 Å². The highest BCUT2D eigenvalue weighted by Crippen LogP contribution is 2.40. The third-order valence-electron chi connectivity index (χ3n) is 1.81. The van der Waals surface area contributed by atoms with Gasteiger partial charge in [-0.2, -0.15) is 0 Å². The van der Waals surface area contributed by atoms with E-state index in [1.54, 1.807) is 0 Å². The van der Waals surface area contributed by atoms with Crippen LogP contribution in [-0.2, 0) is 0 Å². The fraction of sp³-hybridized carbons (Fsp3) is 0. The number of halogens is 6. The highest BCUT2D eigenvalue weighted by molar-refractivity contribution is 6.52. The van der Waals surface area contributed by atoms with Gasteiger partial charge < -0.3 is 0 Å². The second-order valence-corrected chi connectivity index (χ2v) is 4.99. The smallest absolute Gasteiger partial charge is 0.150 e. The molecule has 2 nitrogen and oxygen atoms in total. The van der Waals surface area contributed by atoms with Crippen LogP contribution in [0.5, 0.6) is 0 Å². The summed E-state index contributed by atoms with van der Waals surface area (Å²) in [5.41, 5.74) is 0.519. The lowest BCUT2D eigenvalue weighted by molar-refractivity contribution is 1.34. The summed E-state index contributed by atoms with van der Waals surface area (Å²) >= 11 is 35.1. The van der Waals surface area contributed by atoms with E-state index < -0.39 is 0 Å². The SMILES string of the molecule is Clc1nc2c(Cl)c(Cl)c(Cl)nc2c(Cl)c1Cl. The van der Waals surface area contributed by atoms with E-state index in [0.29, 0.717) is 0 Å². The van der Waals surface area contributed by atoms with Crippen molar-refractivity contribution in [2.24, 2.45) is 0 Å². The quantitative estimate of drug-likeness (QED) is 0.589. The van der Waals surface area contributed by atoms with Crippen molar-refractivity contribution >= 4 is 80.6 Å². The molecule has 2 aromatic heterocycles. The van der Waals surface area contributed by atoms with E-state index in [4.69, 9.17) is 69.6 Å². The Bertz CT molecular complexity index is 544. The summed E-state index contributed by atoms with van der Waals surface area (Å²) in [5.74, 6) is 0. The molecule has 0 atom stereocenters. The number of hydrogen-bond donors (Lipinski definition) is 0. The molecule has 0 aliphatic heterocycles. The normalized spacial score (nSPS) is 11.1. The van der Waals surface area contributed by atoms with Crippen LogP contribution in [0.3, 0.4) is 0 Å². The Morgan fingerprint density at radius 2 is 0.812 bits per heavy atom. The van der Waals surface area contributed by atoms with Gasteiger partial charge in [-0.3, -0.25) is 0 Å². The molecule has 0 amide bonds. The number of nitrogens with zero attached hydrogens (tertiary/aromatic N) is 2. The molecule has 0 spiro atoms. The van der Waals surface area contributed by atoms with Crippen LogP contribution in [0, 0.1) is 0 Å². The first kappa shape index (κ1) is 12.7. The molecule has 0 radical (unpaired) electrons. The van der Waals surface area contributed by atoms with Crippen molar-refractivity contribution in [2.75, 3.05) is 0 Å². The largest absolute Gasteiger partial charge is 0.231 e. The Hall–Kier alpha value is 0.300. The van der Waals surface area contributed by atoms with E-state index in [0.717, 1.165) is 0 Å². The van der Waals surface area contributed by atoms with E-state index >= 15 is 0 Å². The molecule has 0 aliphatic rings. The Labute approximate surface area is 120 Å². The second-order valence-electron chi connectivity index (χ2n) is 2.76. The molecule has 0 aromatic carbocycles. The zero-order valence-electron chi connectivity index (χ0n) is 7.16. The average Bonchev–Trinajstić information content (AvgIpc) is 2.25. The first-order valence-electron chi connectivity index (χ1n) is 3.78. The third-order valence-corrected chi connectivity index (χ3v) is 4.21. The van der Waals surface area contributed by atoms with Gasteiger partial charge in [0.2, 0.25) is 0 Å². The third kappa shape index (κ3) is 1.92. The maximum absolute atomic E-state index is 5.95. The number of hydrogen-bond acceptors (Lipinski definition) is 2. The van der Waals surface area contributed by atoms with Gasteiger partial charge >= 0.3 is 0 Å². The van der Waals surface area contributed by atoms with E-state index in [2.05, 4.69) is 9.97 Å². The van der Waals surface area contributed by atoms with Gasteiger partial charge in [-0.1, -0.05) is 69.6 Å². The van der Waals surface area contributed by atoms with Gasteiger partial charge in [0.05, 0.1) is 20.1 Å². The Morgan fingerprint density at radius 1 is 0.500 bits per heavy atom. The molecule has 16 heavy (non-hydrogen) atoms. The van der Waals surface area contributed by atoms with Crippen LogP contribution in [0.15, 0.2) is 0 Å². The van der Waals surface area contributed by atoms with E-state index in [1.165, 1.54) is 0 Å². The zero-order chi connectivity index (χ0) is 12.0. The molecule has 2 aromatic rings. The fourth-order valence-corrected chi connectivity index (χ4v) is 2.26. The molecule has 0 N–H and O–H groups in total. The predicted molar refractivity (Wildman–Crippen MR) is 69.6 cm³/mol. The standard InChI is InChI=1S/C8Cl6N2/c9-1-3(11)7(13)16-6-2(10)4(12)8(14)15-5(1)6. The highest BCUT2D eigenvalue weighted by Gasteiger charge is 2.18.